The minimum absolute atomic E-state index is 0.124. The van der Waals surface area contributed by atoms with Crippen LogP contribution in [-0.4, -0.2) is 36.5 Å². The molecule has 6 heteroatoms. The molecular weight excluding hydrogens is 400 g/mol. The van der Waals surface area contributed by atoms with E-state index >= 15 is 0 Å². The minimum atomic E-state index is -0.455. The fourth-order valence-electron chi connectivity index (χ4n) is 8.74. The topological polar surface area (TPSA) is 80.9 Å². The van der Waals surface area contributed by atoms with Crippen LogP contribution in [0.5, 0.6) is 0 Å². The molecule has 8 atom stereocenters. The van der Waals surface area contributed by atoms with E-state index in [1.807, 2.05) is 13.0 Å². The molecule has 1 N–H and O–H groups in total. The number of fused-ring (bicyclic) bond motifs is 6. The summed E-state index contributed by atoms with van der Waals surface area (Å²) in [5.41, 5.74) is 1.22. The number of hydrogen-bond acceptors (Lipinski definition) is 5. The SMILES string of the molecule is C[C@@]1(O)CC[C@H]2[C@H](CC[C@@H]3[C@@H]2CC[C@]2(C)[C@@H](C(=O)Cn4nc5ccncc5n4)CC[C@@H]32)C1. The van der Waals surface area contributed by atoms with Gasteiger partial charge in [0.1, 0.15) is 17.6 Å². The number of ketones is 1. The van der Waals surface area contributed by atoms with Gasteiger partial charge in [0.05, 0.1) is 11.8 Å². The lowest BCUT2D eigenvalue weighted by atomic mass is 9.49. The van der Waals surface area contributed by atoms with Gasteiger partial charge in [-0.05, 0) is 106 Å². The van der Waals surface area contributed by atoms with Crippen molar-refractivity contribution in [1.82, 2.24) is 20.0 Å². The van der Waals surface area contributed by atoms with E-state index in [2.05, 4.69) is 22.1 Å². The van der Waals surface area contributed by atoms with Crippen LogP contribution in [0.3, 0.4) is 0 Å². The van der Waals surface area contributed by atoms with Gasteiger partial charge < -0.3 is 5.11 Å². The largest absolute Gasteiger partial charge is 0.390 e. The average Bonchev–Trinajstić information content (AvgIpc) is 3.32. The monoisotopic (exact) mass is 436 g/mol. The molecule has 32 heavy (non-hydrogen) atoms. The number of aliphatic hydroxyl groups is 1. The van der Waals surface area contributed by atoms with Crippen LogP contribution in [0.2, 0.25) is 0 Å². The number of Topliss-reactive ketones (excluding diaryl/α,β-unsaturated/α-hetero) is 1. The van der Waals surface area contributed by atoms with Gasteiger partial charge in [-0.25, -0.2) is 0 Å². The summed E-state index contributed by atoms with van der Waals surface area (Å²) in [4.78, 5) is 19.2. The molecule has 4 aliphatic rings. The number of rotatable bonds is 3. The van der Waals surface area contributed by atoms with Crippen LogP contribution in [0.4, 0.5) is 0 Å². The van der Waals surface area contributed by atoms with Crippen molar-refractivity contribution in [3.8, 4) is 0 Å². The van der Waals surface area contributed by atoms with Crippen LogP contribution in [0.1, 0.15) is 71.6 Å². The number of pyridine rings is 1. The summed E-state index contributed by atoms with van der Waals surface area (Å²) in [6.07, 6.45) is 13.8. The van der Waals surface area contributed by atoms with E-state index in [-0.39, 0.29) is 17.9 Å². The molecule has 6 rings (SSSR count). The maximum Gasteiger partial charge on any atom is 0.159 e. The average molecular weight is 437 g/mol. The molecule has 0 amide bonds. The number of carbonyl (C=O) groups is 1. The summed E-state index contributed by atoms with van der Waals surface area (Å²) in [5.74, 6) is 4.19. The third kappa shape index (κ3) is 3.24. The van der Waals surface area contributed by atoms with E-state index in [4.69, 9.17) is 0 Å². The molecule has 2 aromatic heterocycles. The second-order valence-corrected chi connectivity index (χ2v) is 11.9. The number of carbonyl (C=O) groups excluding carboxylic acids is 1. The van der Waals surface area contributed by atoms with E-state index in [1.54, 1.807) is 17.2 Å². The van der Waals surface area contributed by atoms with Gasteiger partial charge in [0, 0.05) is 12.1 Å². The molecule has 2 heterocycles. The fourth-order valence-corrected chi connectivity index (χ4v) is 8.74. The normalized spacial score (nSPS) is 43.5. The van der Waals surface area contributed by atoms with Crippen molar-refractivity contribution in [2.45, 2.75) is 83.8 Å². The molecule has 172 valence electrons. The zero-order valence-electron chi connectivity index (χ0n) is 19.4. The predicted octanol–water partition coefficient (Wildman–Crippen LogP) is 4.42. The van der Waals surface area contributed by atoms with Gasteiger partial charge in [-0.2, -0.15) is 15.0 Å². The first kappa shape index (κ1) is 20.8. The van der Waals surface area contributed by atoms with Crippen molar-refractivity contribution in [2.75, 3.05) is 0 Å². The second kappa shape index (κ2) is 7.34. The molecule has 4 fully saturated rings. The lowest BCUT2D eigenvalue weighted by Gasteiger charge is -2.56. The number of hydrogen-bond donors (Lipinski definition) is 1. The Balaban J connectivity index is 1.18. The fraction of sp³-hybridized carbons (Fsp3) is 0.769. The van der Waals surface area contributed by atoms with E-state index in [9.17, 15) is 9.90 Å². The highest BCUT2D eigenvalue weighted by atomic mass is 16.3. The standard InChI is InChI=1S/C26H36N4O2/c1-25(32)10-7-17-16(13-25)3-4-19-18(17)8-11-26(2)20(19)5-6-21(26)24(31)15-30-28-22-9-12-27-14-23(22)29-30/h9,12,14,16-21,32H,3-8,10-11,13,15H2,1-2H3/t16-,17+,18-,19-,20+,21-,25-,26+/m1/s1. The van der Waals surface area contributed by atoms with Crippen LogP contribution in [0.25, 0.3) is 11.0 Å². The predicted molar refractivity (Wildman–Crippen MR) is 122 cm³/mol. The third-order valence-electron chi connectivity index (χ3n) is 10.1. The van der Waals surface area contributed by atoms with Crippen molar-refractivity contribution >= 4 is 16.8 Å². The Labute approximate surface area is 190 Å². The summed E-state index contributed by atoms with van der Waals surface area (Å²) in [6.45, 7) is 4.72. The molecular formula is C26H36N4O2. The summed E-state index contributed by atoms with van der Waals surface area (Å²) < 4.78 is 0. The molecule has 0 aromatic carbocycles. The van der Waals surface area contributed by atoms with Gasteiger partial charge in [0.15, 0.2) is 5.78 Å². The summed E-state index contributed by atoms with van der Waals surface area (Å²) >= 11 is 0. The molecule has 0 unspecified atom stereocenters. The Morgan fingerprint density at radius 3 is 2.69 bits per heavy atom. The minimum Gasteiger partial charge on any atom is -0.390 e. The lowest BCUT2D eigenvalue weighted by molar-refractivity contribution is -0.133. The highest BCUT2D eigenvalue weighted by Crippen LogP contribution is 2.64. The molecule has 0 saturated heterocycles. The second-order valence-electron chi connectivity index (χ2n) is 11.9. The molecule has 2 aromatic rings. The molecule has 0 spiro atoms. The van der Waals surface area contributed by atoms with Crippen LogP contribution in [-0.2, 0) is 11.3 Å². The quantitative estimate of drug-likeness (QED) is 0.771. The third-order valence-corrected chi connectivity index (χ3v) is 10.1. The lowest BCUT2D eigenvalue weighted by Crippen LogP contribution is -2.51. The molecule has 4 aliphatic carbocycles. The van der Waals surface area contributed by atoms with Gasteiger partial charge in [-0.1, -0.05) is 6.92 Å². The van der Waals surface area contributed by atoms with Gasteiger partial charge in [0.2, 0.25) is 0 Å². The Kier molecular flexibility index (Phi) is 4.76. The van der Waals surface area contributed by atoms with Crippen molar-refractivity contribution in [1.29, 1.82) is 0 Å². The van der Waals surface area contributed by atoms with E-state index in [0.29, 0.717) is 17.6 Å². The van der Waals surface area contributed by atoms with Crippen molar-refractivity contribution < 1.29 is 9.90 Å². The highest BCUT2D eigenvalue weighted by Gasteiger charge is 2.58. The Morgan fingerprint density at radius 1 is 1.03 bits per heavy atom. The van der Waals surface area contributed by atoms with Crippen molar-refractivity contribution in [3.63, 3.8) is 0 Å². The van der Waals surface area contributed by atoms with Crippen molar-refractivity contribution in [3.05, 3.63) is 18.5 Å². The number of aromatic nitrogens is 4. The van der Waals surface area contributed by atoms with Crippen LogP contribution < -0.4 is 0 Å². The maximum absolute atomic E-state index is 13.5. The van der Waals surface area contributed by atoms with Gasteiger partial charge in [0.25, 0.3) is 0 Å². The molecule has 0 radical (unpaired) electrons. The highest BCUT2D eigenvalue weighted by molar-refractivity contribution is 5.82. The van der Waals surface area contributed by atoms with E-state index < -0.39 is 5.60 Å². The molecule has 6 nitrogen and oxygen atoms in total. The van der Waals surface area contributed by atoms with Gasteiger partial charge in [-0.15, -0.1) is 0 Å². The van der Waals surface area contributed by atoms with Crippen LogP contribution >= 0.6 is 0 Å². The summed E-state index contributed by atoms with van der Waals surface area (Å²) in [6, 6.07) is 1.85. The number of nitrogens with zero attached hydrogens (tertiary/aromatic N) is 4. The molecule has 4 saturated carbocycles. The zero-order valence-corrected chi connectivity index (χ0v) is 19.4. The van der Waals surface area contributed by atoms with Crippen LogP contribution in [0.15, 0.2) is 18.5 Å². The summed E-state index contributed by atoms with van der Waals surface area (Å²) in [5, 5.41) is 19.6. The first-order valence-electron chi connectivity index (χ1n) is 12.7. The van der Waals surface area contributed by atoms with Crippen LogP contribution in [0, 0.1) is 40.9 Å². The Morgan fingerprint density at radius 2 is 1.84 bits per heavy atom. The Bertz CT molecular complexity index is 999. The summed E-state index contributed by atoms with van der Waals surface area (Å²) in [7, 11) is 0. The van der Waals surface area contributed by atoms with Gasteiger partial charge in [-0.3, -0.25) is 9.78 Å². The van der Waals surface area contributed by atoms with E-state index in [0.717, 1.165) is 48.0 Å². The van der Waals surface area contributed by atoms with Crippen molar-refractivity contribution in [2.24, 2.45) is 40.9 Å². The molecule has 0 aliphatic heterocycles. The van der Waals surface area contributed by atoms with Gasteiger partial charge >= 0.3 is 0 Å². The molecule has 0 bridgehead atoms. The first-order valence-corrected chi connectivity index (χ1v) is 12.7. The smallest absolute Gasteiger partial charge is 0.159 e. The zero-order chi connectivity index (χ0) is 22.1. The van der Waals surface area contributed by atoms with E-state index in [1.165, 1.54) is 38.5 Å². The Hall–Kier alpha value is -1.82. The first-order chi connectivity index (χ1) is 15.3. The maximum atomic E-state index is 13.5.